The van der Waals surface area contributed by atoms with E-state index in [0.717, 1.165) is 25.5 Å². The Kier molecular flexibility index (Phi) is 4.38. The molecule has 2 rings (SSSR count). The molecule has 0 amide bonds. The van der Waals surface area contributed by atoms with Crippen LogP contribution in [-0.2, 0) is 20.0 Å². The average Bonchev–Trinajstić information content (AvgIpc) is 2.95. The second-order valence-electron chi connectivity index (χ2n) is 4.56. The van der Waals surface area contributed by atoms with E-state index < -0.39 is 0 Å². The molecule has 2 heterocycles. The van der Waals surface area contributed by atoms with Crippen molar-refractivity contribution in [3.05, 3.63) is 34.3 Å². The zero-order valence-corrected chi connectivity index (χ0v) is 12.0. The predicted octanol–water partition coefficient (Wildman–Crippen LogP) is 1.88. The quantitative estimate of drug-likeness (QED) is 0.809. The lowest BCUT2D eigenvalue weighted by Crippen LogP contribution is -2.19. The van der Waals surface area contributed by atoms with Gasteiger partial charge in [0.25, 0.3) is 0 Å². The molecule has 5 heteroatoms. The molecular formula is C13H20N4S. The molecule has 4 nitrogen and oxygen atoms in total. The van der Waals surface area contributed by atoms with Gasteiger partial charge in [0, 0.05) is 27.7 Å². The van der Waals surface area contributed by atoms with Gasteiger partial charge in [0.1, 0.15) is 0 Å². The highest BCUT2D eigenvalue weighted by atomic mass is 32.1. The number of thiophene rings is 1. The molecule has 1 N–H and O–H groups in total. The van der Waals surface area contributed by atoms with Gasteiger partial charge in [-0.05, 0) is 35.4 Å². The van der Waals surface area contributed by atoms with Crippen LogP contribution in [0.15, 0.2) is 23.0 Å². The van der Waals surface area contributed by atoms with Crippen molar-refractivity contribution in [3.8, 4) is 0 Å². The van der Waals surface area contributed by atoms with Gasteiger partial charge in [0.15, 0.2) is 0 Å². The molecule has 0 fully saturated rings. The van der Waals surface area contributed by atoms with Gasteiger partial charge in [-0.15, -0.1) is 0 Å². The molecule has 0 aliphatic rings. The van der Waals surface area contributed by atoms with Gasteiger partial charge >= 0.3 is 0 Å². The van der Waals surface area contributed by atoms with Crippen molar-refractivity contribution in [1.29, 1.82) is 0 Å². The Morgan fingerprint density at radius 2 is 2.28 bits per heavy atom. The highest BCUT2D eigenvalue weighted by Gasteiger charge is 2.07. The fraction of sp³-hybridized carbons (Fsp3) is 0.462. The summed E-state index contributed by atoms with van der Waals surface area (Å²) in [6.45, 7) is 1.86. The third kappa shape index (κ3) is 3.11. The first-order chi connectivity index (χ1) is 8.68. The third-order valence-corrected chi connectivity index (χ3v) is 3.67. The molecule has 0 unspecified atom stereocenters. The number of nitrogens with one attached hydrogen (secondary N) is 1. The number of imidazole rings is 1. The zero-order chi connectivity index (χ0) is 13.0. The van der Waals surface area contributed by atoms with Crippen molar-refractivity contribution in [3.63, 3.8) is 0 Å². The van der Waals surface area contributed by atoms with E-state index in [0.29, 0.717) is 0 Å². The minimum absolute atomic E-state index is 0.863. The molecule has 0 spiro atoms. The van der Waals surface area contributed by atoms with Gasteiger partial charge < -0.3 is 14.8 Å². The first-order valence-electron chi connectivity index (χ1n) is 6.08. The van der Waals surface area contributed by atoms with E-state index in [1.165, 1.54) is 11.3 Å². The molecule has 0 saturated carbocycles. The van der Waals surface area contributed by atoms with E-state index in [1.807, 2.05) is 25.2 Å². The summed E-state index contributed by atoms with van der Waals surface area (Å²) < 4.78 is 2.12. The molecule has 0 aliphatic carbocycles. The Labute approximate surface area is 112 Å². The fourth-order valence-corrected chi connectivity index (χ4v) is 2.60. The van der Waals surface area contributed by atoms with E-state index in [-0.39, 0.29) is 0 Å². The topological polar surface area (TPSA) is 33.1 Å². The Morgan fingerprint density at radius 1 is 1.44 bits per heavy atom. The van der Waals surface area contributed by atoms with Crippen LogP contribution in [0.3, 0.4) is 0 Å². The number of aromatic nitrogens is 2. The van der Waals surface area contributed by atoms with E-state index >= 15 is 0 Å². The van der Waals surface area contributed by atoms with Gasteiger partial charge in [-0.25, -0.2) is 4.98 Å². The van der Waals surface area contributed by atoms with Crippen LogP contribution in [-0.4, -0.2) is 30.2 Å². The summed E-state index contributed by atoms with van der Waals surface area (Å²) in [6, 6.07) is 2.18. The summed E-state index contributed by atoms with van der Waals surface area (Å²) in [4.78, 5) is 6.42. The first kappa shape index (κ1) is 13.1. The molecule has 0 atom stereocenters. The van der Waals surface area contributed by atoms with E-state index in [9.17, 15) is 0 Å². The average molecular weight is 264 g/mol. The lowest BCUT2D eigenvalue weighted by atomic mass is 10.2. The monoisotopic (exact) mass is 264 g/mol. The van der Waals surface area contributed by atoms with Crippen molar-refractivity contribution >= 4 is 17.3 Å². The lowest BCUT2D eigenvalue weighted by Gasteiger charge is -2.12. The van der Waals surface area contributed by atoms with Crippen LogP contribution in [0.5, 0.6) is 0 Å². The molecule has 0 aliphatic heterocycles. The second-order valence-corrected chi connectivity index (χ2v) is 5.34. The summed E-state index contributed by atoms with van der Waals surface area (Å²) >= 11 is 1.76. The minimum Gasteiger partial charge on any atom is -0.348 e. The molecule has 0 saturated heterocycles. The molecule has 0 radical (unpaired) electrons. The van der Waals surface area contributed by atoms with Crippen LogP contribution in [0.1, 0.15) is 11.3 Å². The van der Waals surface area contributed by atoms with Crippen molar-refractivity contribution in [2.24, 2.45) is 7.05 Å². The maximum absolute atomic E-state index is 4.39. The first-order valence-corrected chi connectivity index (χ1v) is 7.02. The van der Waals surface area contributed by atoms with Crippen LogP contribution in [0.2, 0.25) is 0 Å². The molecule has 98 valence electrons. The van der Waals surface area contributed by atoms with Crippen LogP contribution < -0.4 is 10.2 Å². The molecule has 18 heavy (non-hydrogen) atoms. The number of nitrogens with zero attached hydrogens (tertiary/aromatic N) is 3. The second kappa shape index (κ2) is 6.02. The van der Waals surface area contributed by atoms with Gasteiger partial charge in [-0.3, -0.25) is 0 Å². The number of hydrogen-bond donors (Lipinski definition) is 1. The summed E-state index contributed by atoms with van der Waals surface area (Å²) in [7, 11) is 6.07. The normalized spacial score (nSPS) is 10.8. The number of rotatable bonds is 6. The Bertz CT molecular complexity index is 473. The van der Waals surface area contributed by atoms with Crippen LogP contribution in [0, 0.1) is 0 Å². The largest absolute Gasteiger partial charge is 0.348 e. The maximum Gasteiger partial charge on any atom is 0.204 e. The van der Waals surface area contributed by atoms with Gasteiger partial charge in [0.05, 0.1) is 11.9 Å². The predicted molar refractivity (Wildman–Crippen MR) is 77.3 cm³/mol. The van der Waals surface area contributed by atoms with Crippen LogP contribution >= 0.6 is 11.3 Å². The number of hydrogen-bond acceptors (Lipinski definition) is 4. The van der Waals surface area contributed by atoms with Crippen molar-refractivity contribution in [2.75, 3.05) is 25.5 Å². The third-order valence-electron chi connectivity index (χ3n) is 2.94. The Morgan fingerprint density at radius 3 is 2.89 bits per heavy atom. The highest BCUT2D eigenvalue weighted by molar-refractivity contribution is 7.07. The van der Waals surface area contributed by atoms with E-state index in [1.54, 1.807) is 11.3 Å². The molecular weight excluding hydrogens is 244 g/mol. The van der Waals surface area contributed by atoms with Gasteiger partial charge in [-0.1, -0.05) is 0 Å². The molecule has 2 aromatic rings. The Hall–Kier alpha value is -1.33. The van der Waals surface area contributed by atoms with Crippen molar-refractivity contribution in [1.82, 2.24) is 14.9 Å². The van der Waals surface area contributed by atoms with E-state index in [4.69, 9.17) is 0 Å². The summed E-state index contributed by atoms with van der Waals surface area (Å²) in [5.41, 5.74) is 2.62. The highest BCUT2D eigenvalue weighted by Crippen LogP contribution is 2.10. The van der Waals surface area contributed by atoms with Crippen LogP contribution in [0.25, 0.3) is 0 Å². The Balaban J connectivity index is 1.80. The standard InChI is InChI=1S/C13H20N4S/c1-16(2)13-15-9-12(17(13)3)8-14-6-4-11-5-7-18-10-11/h5,7,9-10,14H,4,6,8H2,1-3H3. The van der Waals surface area contributed by atoms with E-state index in [2.05, 4.69) is 38.7 Å². The summed E-state index contributed by atoms with van der Waals surface area (Å²) in [6.07, 6.45) is 3.02. The SMILES string of the molecule is CN(C)c1ncc(CNCCc2ccsc2)n1C. The van der Waals surface area contributed by atoms with Gasteiger partial charge in [0.2, 0.25) is 5.95 Å². The van der Waals surface area contributed by atoms with Gasteiger partial charge in [-0.2, -0.15) is 11.3 Å². The summed E-state index contributed by atoms with van der Waals surface area (Å²) in [5.74, 6) is 0.990. The van der Waals surface area contributed by atoms with Crippen molar-refractivity contribution < 1.29 is 0 Å². The molecule has 2 aromatic heterocycles. The zero-order valence-electron chi connectivity index (χ0n) is 11.2. The minimum atomic E-state index is 0.863. The number of anilines is 1. The lowest BCUT2D eigenvalue weighted by molar-refractivity contribution is 0.652. The molecule has 0 aromatic carbocycles. The van der Waals surface area contributed by atoms with Crippen LogP contribution in [0.4, 0.5) is 5.95 Å². The maximum atomic E-state index is 4.39. The molecule has 0 bridgehead atoms. The van der Waals surface area contributed by atoms with Crippen molar-refractivity contribution in [2.45, 2.75) is 13.0 Å². The summed E-state index contributed by atoms with van der Waals surface area (Å²) in [5, 5.41) is 7.79. The fourth-order valence-electron chi connectivity index (χ4n) is 1.90. The smallest absolute Gasteiger partial charge is 0.204 e.